The van der Waals surface area contributed by atoms with Crippen LogP contribution in [-0.4, -0.2) is 35.5 Å². The van der Waals surface area contributed by atoms with Crippen molar-refractivity contribution in [2.45, 2.75) is 13.3 Å². The van der Waals surface area contributed by atoms with Gasteiger partial charge in [0.15, 0.2) is 0 Å². The third-order valence-electron chi connectivity index (χ3n) is 5.24. The molecule has 0 saturated carbocycles. The third-order valence-corrected chi connectivity index (χ3v) is 5.24. The topological polar surface area (TPSA) is 70.2 Å². The lowest BCUT2D eigenvalue weighted by Gasteiger charge is -2.21. The van der Waals surface area contributed by atoms with Crippen LogP contribution in [0, 0.1) is 12.8 Å². The average molecular weight is 387 g/mol. The van der Waals surface area contributed by atoms with Gasteiger partial charge in [0.2, 0.25) is 5.95 Å². The van der Waals surface area contributed by atoms with Crippen LogP contribution in [0.5, 0.6) is 0 Å². The maximum absolute atomic E-state index is 12.5. The first-order valence-electron chi connectivity index (χ1n) is 9.92. The molecule has 0 aliphatic carbocycles. The van der Waals surface area contributed by atoms with Crippen LogP contribution in [0.25, 0.3) is 0 Å². The van der Waals surface area contributed by atoms with Gasteiger partial charge in [0.25, 0.3) is 5.91 Å². The Labute approximate surface area is 171 Å². The molecule has 2 heterocycles. The van der Waals surface area contributed by atoms with Gasteiger partial charge < -0.3 is 15.5 Å². The first-order chi connectivity index (χ1) is 14.2. The highest BCUT2D eigenvalue weighted by Crippen LogP contribution is 2.26. The van der Waals surface area contributed by atoms with Gasteiger partial charge >= 0.3 is 0 Å². The molecule has 1 aliphatic rings. The fraction of sp³-hybridized carbons (Fsp3) is 0.261. The smallest absolute Gasteiger partial charge is 0.254 e. The van der Waals surface area contributed by atoms with Gasteiger partial charge in [-0.05, 0) is 43.0 Å². The van der Waals surface area contributed by atoms with E-state index >= 15 is 0 Å². The number of aryl methyl sites for hydroxylation is 1. The third kappa shape index (κ3) is 4.71. The fourth-order valence-electron chi connectivity index (χ4n) is 3.64. The highest BCUT2D eigenvalue weighted by atomic mass is 16.1. The number of hydrogen-bond donors (Lipinski definition) is 2. The molecule has 1 fully saturated rings. The summed E-state index contributed by atoms with van der Waals surface area (Å²) in [5, 5.41) is 6.14. The molecule has 1 aromatic heterocycles. The Bertz CT molecular complexity index is 959. The molecule has 0 bridgehead atoms. The van der Waals surface area contributed by atoms with Gasteiger partial charge in [-0.2, -0.15) is 0 Å². The molecular weight excluding hydrogens is 362 g/mol. The lowest BCUT2D eigenvalue weighted by atomic mass is 10.1. The number of hydrogen-bond acceptors (Lipinski definition) is 5. The van der Waals surface area contributed by atoms with Gasteiger partial charge in [0.1, 0.15) is 0 Å². The maximum Gasteiger partial charge on any atom is 0.254 e. The molecule has 0 radical (unpaired) electrons. The van der Waals surface area contributed by atoms with Crippen LogP contribution in [0.4, 0.5) is 17.3 Å². The van der Waals surface area contributed by atoms with Crippen LogP contribution in [0.2, 0.25) is 0 Å². The first-order valence-corrected chi connectivity index (χ1v) is 9.92. The summed E-state index contributed by atoms with van der Waals surface area (Å²) in [7, 11) is 0. The first kappa shape index (κ1) is 18.9. The summed E-state index contributed by atoms with van der Waals surface area (Å²) in [5.41, 5.74) is 3.95. The number of rotatable bonds is 6. The van der Waals surface area contributed by atoms with E-state index in [2.05, 4.69) is 56.7 Å². The summed E-state index contributed by atoms with van der Waals surface area (Å²) in [6.45, 7) is 4.78. The molecule has 6 heteroatoms. The molecular formula is C23H25N5O. The molecule has 4 rings (SSSR count). The summed E-state index contributed by atoms with van der Waals surface area (Å²) in [6.07, 6.45) is 4.19. The molecule has 1 amide bonds. The molecule has 0 unspecified atom stereocenters. The molecule has 0 spiro atoms. The number of nitrogens with zero attached hydrogens (tertiary/aromatic N) is 3. The van der Waals surface area contributed by atoms with Gasteiger partial charge in [-0.1, -0.05) is 36.4 Å². The van der Waals surface area contributed by atoms with E-state index in [9.17, 15) is 4.79 Å². The Kier molecular flexibility index (Phi) is 5.70. The molecule has 2 N–H and O–H groups in total. The minimum Gasteiger partial charge on any atom is -0.371 e. The van der Waals surface area contributed by atoms with Crippen molar-refractivity contribution in [3.8, 4) is 0 Å². The number of amides is 1. The zero-order chi connectivity index (χ0) is 20.1. The average Bonchev–Trinajstić information content (AvgIpc) is 3.22. The van der Waals surface area contributed by atoms with Crippen molar-refractivity contribution in [1.82, 2.24) is 15.3 Å². The predicted octanol–water partition coefficient (Wildman–Crippen LogP) is 3.78. The minimum absolute atomic E-state index is 0.134. The normalized spacial score (nSPS) is 15.9. The van der Waals surface area contributed by atoms with E-state index in [-0.39, 0.29) is 5.91 Å². The Balaban J connectivity index is 1.28. The Morgan fingerprint density at radius 1 is 1.07 bits per heavy atom. The number of aromatic nitrogens is 2. The molecule has 148 valence electrons. The highest BCUT2D eigenvalue weighted by Gasteiger charge is 2.24. The molecule has 3 aromatic rings. The number of carbonyl (C=O) groups is 1. The second-order valence-corrected chi connectivity index (χ2v) is 7.38. The van der Waals surface area contributed by atoms with Crippen molar-refractivity contribution in [3.05, 3.63) is 78.1 Å². The monoisotopic (exact) mass is 387 g/mol. The molecule has 1 aliphatic heterocycles. The van der Waals surface area contributed by atoms with Crippen LogP contribution in [-0.2, 0) is 0 Å². The van der Waals surface area contributed by atoms with Gasteiger partial charge in [-0.3, -0.25) is 4.79 Å². The van der Waals surface area contributed by atoms with E-state index < -0.39 is 0 Å². The minimum atomic E-state index is -0.134. The largest absolute Gasteiger partial charge is 0.371 e. The second kappa shape index (κ2) is 8.73. The van der Waals surface area contributed by atoms with Crippen molar-refractivity contribution in [2.75, 3.05) is 29.9 Å². The highest BCUT2D eigenvalue weighted by molar-refractivity contribution is 5.93. The Morgan fingerprint density at radius 3 is 2.55 bits per heavy atom. The van der Waals surface area contributed by atoms with E-state index in [0.29, 0.717) is 24.0 Å². The van der Waals surface area contributed by atoms with Gasteiger partial charge in [0.05, 0.1) is 5.56 Å². The summed E-state index contributed by atoms with van der Waals surface area (Å²) in [4.78, 5) is 23.3. The summed E-state index contributed by atoms with van der Waals surface area (Å²) >= 11 is 0. The second-order valence-electron chi connectivity index (χ2n) is 7.38. The van der Waals surface area contributed by atoms with E-state index in [1.54, 1.807) is 12.4 Å². The van der Waals surface area contributed by atoms with Crippen LogP contribution < -0.4 is 15.5 Å². The van der Waals surface area contributed by atoms with Crippen molar-refractivity contribution < 1.29 is 4.79 Å². The van der Waals surface area contributed by atoms with Gasteiger partial charge in [-0.15, -0.1) is 0 Å². The molecule has 29 heavy (non-hydrogen) atoms. The standard InChI is InChI=1S/C23H25N5O/c1-17-7-5-6-10-21(17)28-12-11-18(16-28)13-24-22(29)19-14-25-23(26-15-19)27-20-8-3-2-4-9-20/h2-10,14-15,18H,11-13,16H2,1H3,(H,24,29)(H,25,26,27)/t18-/m0/s1. The zero-order valence-corrected chi connectivity index (χ0v) is 16.5. The van der Waals surface area contributed by atoms with Crippen molar-refractivity contribution in [2.24, 2.45) is 5.92 Å². The number of para-hydroxylation sites is 2. The van der Waals surface area contributed by atoms with Crippen LogP contribution in [0.3, 0.4) is 0 Å². The maximum atomic E-state index is 12.5. The van der Waals surface area contributed by atoms with E-state index in [1.165, 1.54) is 11.3 Å². The van der Waals surface area contributed by atoms with Gasteiger partial charge in [0, 0.05) is 43.4 Å². The molecule has 1 saturated heterocycles. The SMILES string of the molecule is Cc1ccccc1N1CC[C@@H](CNC(=O)c2cnc(Nc3ccccc3)nc2)C1. The molecule has 1 atom stereocenters. The lowest BCUT2D eigenvalue weighted by Crippen LogP contribution is -2.31. The van der Waals surface area contributed by atoms with Crippen molar-refractivity contribution in [3.63, 3.8) is 0 Å². The van der Waals surface area contributed by atoms with Crippen LogP contribution in [0.15, 0.2) is 67.0 Å². The van der Waals surface area contributed by atoms with E-state index in [0.717, 1.165) is 25.2 Å². The molecule has 2 aromatic carbocycles. The predicted molar refractivity (Wildman–Crippen MR) is 116 cm³/mol. The fourth-order valence-corrected chi connectivity index (χ4v) is 3.64. The zero-order valence-electron chi connectivity index (χ0n) is 16.5. The summed E-state index contributed by atoms with van der Waals surface area (Å²) < 4.78 is 0. The number of nitrogens with one attached hydrogen (secondary N) is 2. The quantitative estimate of drug-likeness (QED) is 0.674. The summed E-state index contributed by atoms with van der Waals surface area (Å²) in [5.74, 6) is 0.779. The number of benzene rings is 2. The number of carbonyl (C=O) groups excluding carboxylic acids is 1. The van der Waals surface area contributed by atoms with E-state index in [1.807, 2.05) is 30.3 Å². The van der Waals surface area contributed by atoms with Gasteiger partial charge in [-0.25, -0.2) is 9.97 Å². The summed E-state index contributed by atoms with van der Waals surface area (Å²) in [6, 6.07) is 18.1. The lowest BCUT2D eigenvalue weighted by molar-refractivity contribution is 0.0947. The van der Waals surface area contributed by atoms with Crippen LogP contribution >= 0.6 is 0 Å². The Morgan fingerprint density at radius 2 is 1.79 bits per heavy atom. The number of anilines is 3. The van der Waals surface area contributed by atoms with Crippen molar-refractivity contribution in [1.29, 1.82) is 0 Å². The van der Waals surface area contributed by atoms with E-state index in [4.69, 9.17) is 0 Å². The van der Waals surface area contributed by atoms with Crippen molar-refractivity contribution >= 4 is 23.2 Å². The molecule has 6 nitrogen and oxygen atoms in total. The van der Waals surface area contributed by atoms with Crippen LogP contribution in [0.1, 0.15) is 22.3 Å². The Hall–Kier alpha value is -3.41.